The lowest BCUT2D eigenvalue weighted by Gasteiger charge is -2.31. The van der Waals surface area contributed by atoms with E-state index in [0.717, 1.165) is 55.8 Å². The molecule has 0 aromatic carbocycles. The Hall–Kier alpha value is -2.15. The van der Waals surface area contributed by atoms with Crippen LogP contribution in [0.2, 0.25) is 10.2 Å². The number of halogens is 2. The third-order valence-electron chi connectivity index (χ3n) is 7.13. The molecule has 1 aliphatic heterocycles. The summed E-state index contributed by atoms with van der Waals surface area (Å²) >= 11 is 12.9. The number of anilines is 2. The highest BCUT2D eigenvalue weighted by atomic mass is 35.5. The molecule has 1 saturated heterocycles. The van der Waals surface area contributed by atoms with Crippen molar-refractivity contribution in [3.63, 3.8) is 0 Å². The second-order valence-corrected chi connectivity index (χ2v) is 10.4. The second-order valence-electron chi connectivity index (χ2n) is 9.61. The molecule has 3 N–H and O–H groups in total. The van der Waals surface area contributed by atoms with Gasteiger partial charge in [0, 0.05) is 69.0 Å². The number of ether oxygens (including phenoxy) is 2. The Bertz CT molecular complexity index is 1050. The Kier molecular flexibility index (Phi) is 9.63. The first-order valence-corrected chi connectivity index (χ1v) is 13.3. The zero-order chi connectivity index (χ0) is 25.4. The van der Waals surface area contributed by atoms with Gasteiger partial charge in [-0.15, -0.1) is 0 Å². The average molecular weight is 534 g/mol. The highest BCUT2D eigenvalue weighted by Crippen LogP contribution is 2.35. The van der Waals surface area contributed by atoms with Gasteiger partial charge in [-0.2, -0.15) is 5.26 Å². The predicted molar refractivity (Wildman–Crippen MR) is 144 cm³/mol. The van der Waals surface area contributed by atoms with Crippen molar-refractivity contribution in [1.82, 2.24) is 15.3 Å². The minimum Gasteiger partial charge on any atom is -0.383 e. The lowest BCUT2D eigenvalue weighted by molar-refractivity contribution is 0.0456. The number of nitriles is 1. The molecule has 0 atom stereocenters. The summed E-state index contributed by atoms with van der Waals surface area (Å²) in [5.41, 5.74) is 1.87. The van der Waals surface area contributed by atoms with Gasteiger partial charge < -0.3 is 25.4 Å². The number of nitrogens with zero attached hydrogens (tertiary/aromatic N) is 3. The Balaban J connectivity index is 1.41. The summed E-state index contributed by atoms with van der Waals surface area (Å²) in [7, 11) is 1.73. The third kappa shape index (κ3) is 6.99. The van der Waals surface area contributed by atoms with Crippen LogP contribution in [0.15, 0.2) is 24.5 Å². The molecule has 0 spiro atoms. The lowest BCUT2D eigenvalue weighted by Crippen LogP contribution is -2.38. The van der Waals surface area contributed by atoms with Crippen LogP contribution in [-0.4, -0.2) is 62.1 Å². The van der Waals surface area contributed by atoms with Crippen LogP contribution in [0.1, 0.15) is 38.5 Å². The van der Waals surface area contributed by atoms with Gasteiger partial charge in [0.25, 0.3) is 0 Å². The number of rotatable bonds is 10. The molecule has 194 valence electrons. The molecule has 3 heterocycles. The fourth-order valence-corrected chi connectivity index (χ4v) is 5.21. The first-order valence-electron chi connectivity index (χ1n) is 12.5. The molecule has 2 aromatic rings. The zero-order valence-corrected chi connectivity index (χ0v) is 22.2. The van der Waals surface area contributed by atoms with E-state index in [0.29, 0.717) is 60.5 Å². The molecular formula is C26H34Cl2N6O2. The van der Waals surface area contributed by atoms with Crippen molar-refractivity contribution < 1.29 is 9.47 Å². The largest absolute Gasteiger partial charge is 0.383 e. The topological polar surface area (TPSA) is 104 Å². The molecule has 0 unspecified atom stereocenters. The van der Waals surface area contributed by atoms with Gasteiger partial charge in [-0.25, -0.2) is 9.97 Å². The van der Waals surface area contributed by atoms with Crippen molar-refractivity contribution in [2.24, 2.45) is 5.41 Å². The number of aromatic nitrogens is 2. The molecule has 1 aliphatic carbocycles. The van der Waals surface area contributed by atoms with Crippen molar-refractivity contribution in [1.29, 1.82) is 5.26 Å². The van der Waals surface area contributed by atoms with Crippen LogP contribution in [0.4, 0.5) is 11.5 Å². The summed E-state index contributed by atoms with van der Waals surface area (Å²) in [5.74, 6) is 0.792. The molecule has 0 bridgehead atoms. The van der Waals surface area contributed by atoms with E-state index < -0.39 is 5.41 Å². The summed E-state index contributed by atoms with van der Waals surface area (Å²) in [6.45, 7) is 3.29. The van der Waals surface area contributed by atoms with Crippen LogP contribution in [0, 0.1) is 16.7 Å². The fourth-order valence-electron chi connectivity index (χ4n) is 4.83. The number of nitrogens with one attached hydrogen (secondary N) is 3. The molecule has 1 saturated carbocycles. The summed E-state index contributed by atoms with van der Waals surface area (Å²) in [6, 6.07) is 7.28. The van der Waals surface area contributed by atoms with Crippen LogP contribution in [0.25, 0.3) is 11.1 Å². The van der Waals surface area contributed by atoms with E-state index in [1.807, 2.05) is 12.1 Å². The maximum atomic E-state index is 9.75. The minimum atomic E-state index is -0.471. The molecule has 0 radical (unpaired) electrons. The van der Waals surface area contributed by atoms with Crippen molar-refractivity contribution in [2.75, 3.05) is 50.7 Å². The first-order chi connectivity index (χ1) is 17.5. The SMILES string of the molecule is COCCN[C@H]1CC[C@H](Nc2cc(-c3cnc(Cl)c(NCC4(C#N)CCOCC4)c3)c(Cl)cn2)CC1. The van der Waals surface area contributed by atoms with E-state index in [2.05, 4.69) is 32.0 Å². The number of hydrogen-bond acceptors (Lipinski definition) is 8. The van der Waals surface area contributed by atoms with Crippen molar-refractivity contribution in [2.45, 2.75) is 50.6 Å². The van der Waals surface area contributed by atoms with Gasteiger partial charge in [0.2, 0.25) is 0 Å². The maximum Gasteiger partial charge on any atom is 0.152 e. The minimum absolute atomic E-state index is 0.360. The molecule has 0 amide bonds. The molecular weight excluding hydrogens is 499 g/mol. The van der Waals surface area contributed by atoms with E-state index in [1.54, 1.807) is 19.5 Å². The summed E-state index contributed by atoms with van der Waals surface area (Å²) < 4.78 is 10.6. The van der Waals surface area contributed by atoms with Gasteiger partial charge in [0.05, 0.1) is 28.8 Å². The smallest absolute Gasteiger partial charge is 0.152 e. The quantitative estimate of drug-likeness (QED) is 0.285. The molecule has 2 fully saturated rings. The molecule has 8 nitrogen and oxygen atoms in total. The predicted octanol–water partition coefficient (Wildman–Crippen LogP) is 5.14. The van der Waals surface area contributed by atoms with Crippen LogP contribution in [0.3, 0.4) is 0 Å². The standard InChI is InChI=1S/C26H34Cl2N6O2/c1-35-11-8-30-19-2-4-20(5-3-19)34-24-13-21(22(27)15-31-24)18-12-23(25(28)32-14-18)33-17-26(16-29)6-9-36-10-7-26/h12-15,19-20,30,33H,2-11,17H2,1H3,(H,31,34)/t19-,20-. The first kappa shape index (κ1) is 26.9. The van der Waals surface area contributed by atoms with Gasteiger partial charge in [0.1, 0.15) is 5.82 Å². The lowest BCUT2D eigenvalue weighted by atomic mass is 9.81. The maximum absolute atomic E-state index is 9.75. The third-order valence-corrected chi connectivity index (χ3v) is 7.73. The molecule has 36 heavy (non-hydrogen) atoms. The number of hydrogen-bond donors (Lipinski definition) is 3. The summed E-state index contributed by atoms with van der Waals surface area (Å²) in [5, 5.41) is 21.1. The van der Waals surface area contributed by atoms with Crippen LogP contribution in [0.5, 0.6) is 0 Å². The number of methoxy groups -OCH3 is 1. The van der Waals surface area contributed by atoms with Crippen molar-refractivity contribution >= 4 is 34.7 Å². The van der Waals surface area contributed by atoms with E-state index >= 15 is 0 Å². The van der Waals surface area contributed by atoms with Gasteiger partial charge in [-0.1, -0.05) is 23.2 Å². The van der Waals surface area contributed by atoms with E-state index in [9.17, 15) is 5.26 Å². The highest BCUT2D eigenvalue weighted by molar-refractivity contribution is 6.33. The molecule has 4 rings (SSSR count). The van der Waals surface area contributed by atoms with Gasteiger partial charge >= 0.3 is 0 Å². The zero-order valence-electron chi connectivity index (χ0n) is 20.7. The van der Waals surface area contributed by atoms with Crippen molar-refractivity contribution in [3.05, 3.63) is 34.7 Å². The van der Waals surface area contributed by atoms with Gasteiger partial charge in [-0.3, -0.25) is 0 Å². The normalized spacial score (nSPS) is 21.5. The fraction of sp³-hybridized carbons (Fsp3) is 0.577. The Morgan fingerprint density at radius 1 is 1.11 bits per heavy atom. The monoisotopic (exact) mass is 532 g/mol. The molecule has 10 heteroatoms. The Morgan fingerprint density at radius 2 is 1.86 bits per heavy atom. The van der Waals surface area contributed by atoms with Crippen LogP contribution >= 0.6 is 23.2 Å². The molecule has 2 aliphatic rings. The second kappa shape index (κ2) is 12.9. The Labute approximate surface area is 223 Å². The number of pyridine rings is 2. The Morgan fingerprint density at radius 3 is 2.58 bits per heavy atom. The van der Waals surface area contributed by atoms with Gasteiger partial charge in [-0.05, 0) is 50.7 Å². The van der Waals surface area contributed by atoms with E-state index in [-0.39, 0.29) is 0 Å². The van der Waals surface area contributed by atoms with Gasteiger partial charge in [0.15, 0.2) is 5.15 Å². The van der Waals surface area contributed by atoms with Crippen molar-refractivity contribution in [3.8, 4) is 17.2 Å². The molecule has 2 aromatic heterocycles. The van der Waals surface area contributed by atoms with E-state index in [4.69, 9.17) is 32.7 Å². The highest BCUT2D eigenvalue weighted by Gasteiger charge is 2.32. The average Bonchev–Trinajstić information content (AvgIpc) is 2.91. The van der Waals surface area contributed by atoms with E-state index in [1.165, 1.54) is 0 Å². The summed E-state index contributed by atoms with van der Waals surface area (Å²) in [4.78, 5) is 8.88. The summed E-state index contributed by atoms with van der Waals surface area (Å²) in [6.07, 6.45) is 9.16. The van der Waals surface area contributed by atoms with Crippen LogP contribution < -0.4 is 16.0 Å². The van der Waals surface area contributed by atoms with Crippen LogP contribution in [-0.2, 0) is 9.47 Å².